The van der Waals surface area contributed by atoms with Gasteiger partial charge >= 0.3 is 0 Å². The molecule has 19 heavy (non-hydrogen) atoms. The van der Waals surface area contributed by atoms with Gasteiger partial charge in [0.2, 0.25) is 0 Å². The van der Waals surface area contributed by atoms with Gasteiger partial charge in [0.1, 0.15) is 17.6 Å². The second-order valence-corrected chi connectivity index (χ2v) is 5.61. The van der Waals surface area contributed by atoms with E-state index in [2.05, 4.69) is 20.8 Å². The third kappa shape index (κ3) is 2.38. The van der Waals surface area contributed by atoms with E-state index in [1.807, 2.05) is 18.2 Å². The van der Waals surface area contributed by atoms with Crippen LogP contribution in [-0.2, 0) is 11.2 Å². The molecule has 104 valence electrons. The molecule has 1 saturated carbocycles. The molecular weight excluding hydrogens is 260 g/mol. The first-order chi connectivity index (χ1) is 9.07. The first-order valence-corrected chi connectivity index (χ1v) is 7.43. The fraction of sp³-hybridized carbons (Fsp3) is 0.562. The van der Waals surface area contributed by atoms with Gasteiger partial charge in [-0.05, 0) is 43.0 Å². The summed E-state index contributed by atoms with van der Waals surface area (Å²) in [5, 5.41) is 0.775. The number of hydrogen-bond acceptors (Lipinski definition) is 2. The summed E-state index contributed by atoms with van der Waals surface area (Å²) in [5.41, 5.74) is 0.815. The Morgan fingerprint density at radius 3 is 2.53 bits per heavy atom. The number of aryl methyl sites for hydroxylation is 1. The Kier molecular flexibility index (Phi) is 4.19. The first kappa shape index (κ1) is 14.4. The maximum Gasteiger partial charge on any atom is 0.146 e. The lowest BCUT2D eigenvalue weighted by Crippen LogP contribution is -2.56. The van der Waals surface area contributed by atoms with E-state index in [1.165, 1.54) is 0 Å². The van der Waals surface area contributed by atoms with Crippen molar-refractivity contribution in [2.45, 2.75) is 52.6 Å². The van der Waals surface area contributed by atoms with Crippen LogP contribution >= 0.6 is 11.6 Å². The summed E-state index contributed by atoms with van der Waals surface area (Å²) in [4.78, 5) is 11.9. The zero-order chi connectivity index (χ0) is 14.0. The molecule has 0 aliphatic heterocycles. The van der Waals surface area contributed by atoms with Crippen molar-refractivity contribution in [3.8, 4) is 5.75 Å². The second-order valence-electron chi connectivity index (χ2n) is 5.20. The van der Waals surface area contributed by atoms with E-state index < -0.39 is 0 Å². The van der Waals surface area contributed by atoms with E-state index in [9.17, 15) is 4.79 Å². The van der Waals surface area contributed by atoms with E-state index in [4.69, 9.17) is 16.3 Å². The van der Waals surface area contributed by atoms with Crippen molar-refractivity contribution >= 4 is 17.4 Å². The van der Waals surface area contributed by atoms with Gasteiger partial charge in [0, 0.05) is 11.4 Å². The predicted molar refractivity (Wildman–Crippen MR) is 77.9 cm³/mol. The van der Waals surface area contributed by atoms with Crippen LogP contribution in [-0.4, -0.2) is 11.9 Å². The summed E-state index contributed by atoms with van der Waals surface area (Å²) in [6.07, 6.45) is 3.13. The Morgan fingerprint density at radius 1 is 1.32 bits per heavy atom. The minimum absolute atomic E-state index is 0.0147. The number of halogens is 1. The number of hydrogen-bond donors (Lipinski definition) is 0. The summed E-state index contributed by atoms with van der Waals surface area (Å²) in [6.45, 7) is 6.20. The van der Waals surface area contributed by atoms with Gasteiger partial charge in [-0.15, -0.1) is 0 Å². The van der Waals surface area contributed by atoms with E-state index in [1.54, 1.807) is 0 Å². The molecule has 1 aromatic rings. The molecule has 3 heteroatoms. The van der Waals surface area contributed by atoms with Gasteiger partial charge in [0.25, 0.3) is 0 Å². The molecule has 2 nitrogen and oxygen atoms in total. The number of carbonyl (C=O) groups is 1. The van der Waals surface area contributed by atoms with E-state index in [-0.39, 0.29) is 11.5 Å². The highest BCUT2D eigenvalue weighted by molar-refractivity contribution is 6.31. The maximum absolute atomic E-state index is 11.9. The summed E-state index contributed by atoms with van der Waals surface area (Å²) in [5.74, 6) is 1.16. The van der Waals surface area contributed by atoms with Crippen LogP contribution < -0.4 is 4.74 Å². The number of carbonyl (C=O) groups excluding carboxylic acids is 1. The minimum atomic E-state index is -0.272. The fourth-order valence-electron chi connectivity index (χ4n) is 2.93. The van der Waals surface area contributed by atoms with Crippen molar-refractivity contribution in [1.82, 2.24) is 0 Å². The standard InChI is InChI=1S/C16H21ClO2/c1-4-11-9-12(7-8-13(11)17)19-15-10-14(18)16(15,5-2)6-3/h7-9,15H,4-6,10H2,1-3H3. The monoisotopic (exact) mass is 280 g/mol. The van der Waals surface area contributed by atoms with E-state index >= 15 is 0 Å². The molecule has 1 aromatic carbocycles. The van der Waals surface area contributed by atoms with Crippen molar-refractivity contribution in [1.29, 1.82) is 0 Å². The van der Waals surface area contributed by atoms with Crippen molar-refractivity contribution in [3.63, 3.8) is 0 Å². The molecule has 2 rings (SSSR count). The predicted octanol–water partition coefficient (Wildman–Crippen LogP) is 4.43. The number of Topliss-reactive ketones (excluding diaryl/α,β-unsaturated/α-hetero) is 1. The van der Waals surface area contributed by atoms with Crippen LogP contribution in [0.2, 0.25) is 5.02 Å². The van der Waals surface area contributed by atoms with Crippen molar-refractivity contribution < 1.29 is 9.53 Å². The molecule has 0 saturated heterocycles. The van der Waals surface area contributed by atoms with E-state index in [0.29, 0.717) is 12.2 Å². The fourth-order valence-corrected chi connectivity index (χ4v) is 3.18. The highest BCUT2D eigenvalue weighted by atomic mass is 35.5. The molecule has 0 heterocycles. The Bertz CT molecular complexity index is 478. The second kappa shape index (κ2) is 5.54. The van der Waals surface area contributed by atoms with Gasteiger partial charge in [-0.3, -0.25) is 4.79 Å². The molecule has 1 fully saturated rings. The van der Waals surface area contributed by atoms with Crippen LogP contribution in [0.1, 0.15) is 45.6 Å². The highest BCUT2D eigenvalue weighted by Gasteiger charge is 2.53. The molecule has 0 bridgehead atoms. The topological polar surface area (TPSA) is 26.3 Å². The molecule has 0 radical (unpaired) electrons. The summed E-state index contributed by atoms with van der Waals surface area (Å²) >= 11 is 6.10. The van der Waals surface area contributed by atoms with Gasteiger partial charge in [-0.2, -0.15) is 0 Å². The van der Waals surface area contributed by atoms with Crippen molar-refractivity contribution in [2.24, 2.45) is 5.41 Å². The van der Waals surface area contributed by atoms with Crippen LogP contribution in [0.15, 0.2) is 18.2 Å². The Balaban J connectivity index is 2.16. The normalized spacial score (nSPS) is 21.1. The van der Waals surface area contributed by atoms with Gasteiger partial charge in [-0.1, -0.05) is 32.4 Å². The number of benzene rings is 1. The van der Waals surface area contributed by atoms with Crippen LogP contribution in [0.25, 0.3) is 0 Å². The molecule has 1 unspecified atom stereocenters. The van der Waals surface area contributed by atoms with Gasteiger partial charge in [-0.25, -0.2) is 0 Å². The van der Waals surface area contributed by atoms with Gasteiger partial charge in [0.15, 0.2) is 0 Å². The Hall–Kier alpha value is -1.02. The van der Waals surface area contributed by atoms with E-state index in [0.717, 1.165) is 35.6 Å². The van der Waals surface area contributed by atoms with Crippen molar-refractivity contribution in [3.05, 3.63) is 28.8 Å². The van der Waals surface area contributed by atoms with Crippen LogP contribution in [0, 0.1) is 5.41 Å². The average molecular weight is 281 g/mol. The Labute approximate surface area is 120 Å². The first-order valence-electron chi connectivity index (χ1n) is 7.05. The lowest BCUT2D eigenvalue weighted by atomic mass is 9.61. The zero-order valence-corrected chi connectivity index (χ0v) is 12.6. The average Bonchev–Trinajstić information content (AvgIpc) is 2.41. The molecular formula is C16H21ClO2. The molecule has 1 atom stereocenters. The maximum atomic E-state index is 11.9. The number of ether oxygens (including phenoxy) is 1. The van der Waals surface area contributed by atoms with Gasteiger partial charge in [0.05, 0.1) is 5.41 Å². The molecule has 1 aliphatic carbocycles. The summed E-state index contributed by atoms with van der Waals surface area (Å²) < 4.78 is 6.04. The third-order valence-electron chi connectivity index (χ3n) is 4.48. The Morgan fingerprint density at radius 2 is 2.00 bits per heavy atom. The van der Waals surface area contributed by atoms with Crippen LogP contribution in [0.4, 0.5) is 0 Å². The molecule has 0 spiro atoms. The minimum Gasteiger partial charge on any atom is -0.489 e. The largest absolute Gasteiger partial charge is 0.489 e. The number of rotatable bonds is 5. The lowest BCUT2D eigenvalue weighted by Gasteiger charge is -2.46. The number of ketones is 1. The molecule has 0 aromatic heterocycles. The van der Waals surface area contributed by atoms with Crippen LogP contribution in [0.5, 0.6) is 5.75 Å². The SMILES string of the molecule is CCc1cc(OC2CC(=O)C2(CC)CC)ccc1Cl. The van der Waals surface area contributed by atoms with Gasteiger partial charge < -0.3 is 4.74 Å². The smallest absolute Gasteiger partial charge is 0.146 e. The third-order valence-corrected chi connectivity index (χ3v) is 4.85. The zero-order valence-electron chi connectivity index (χ0n) is 11.8. The molecule has 1 aliphatic rings. The molecule has 0 amide bonds. The summed E-state index contributed by atoms with van der Waals surface area (Å²) in [6, 6.07) is 5.75. The highest BCUT2D eigenvalue weighted by Crippen LogP contribution is 2.45. The van der Waals surface area contributed by atoms with Crippen LogP contribution in [0.3, 0.4) is 0 Å². The quantitative estimate of drug-likeness (QED) is 0.797. The van der Waals surface area contributed by atoms with Crippen molar-refractivity contribution in [2.75, 3.05) is 0 Å². The summed E-state index contributed by atoms with van der Waals surface area (Å²) in [7, 11) is 0. The lowest BCUT2D eigenvalue weighted by molar-refractivity contribution is -0.153. The molecule has 0 N–H and O–H groups in total.